The van der Waals surface area contributed by atoms with Crippen LogP contribution >= 0.6 is 0 Å². The molecule has 0 fully saturated rings. The molecule has 130 valence electrons. The number of urea groups is 1. The van der Waals surface area contributed by atoms with Crippen LogP contribution in [0.1, 0.15) is 18.1 Å². The Bertz CT molecular complexity index is 859. The van der Waals surface area contributed by atoms with Gasteiger partial charge in [-0.05, 0) is 30.2 Å². The largest absolute Gasteiger partial charge is 0.394 e. The van der Waals surface area contributed by atoms with Crippen molar-refractivity contribution < 1.29 is 9.90 Å². The molecular formula is C19H22N4O2. The maximum absolute atomic E-state index is 11.7. The summed E-state index contributed by atoms with van der Waals surface area (Å²) in [5, 5.41) is 14.4. The highest BCUT2D eigenvalue weighted by molar-refractivity contribution is 5.75. The van der Waals surface area contributed by atoms with Crippen molar-refractivity contribution in [3.63, 3.8) is 0 Å². The minimum absolute atomic E-state index is 0.0816. The number of aliphatic hydroxyl groups excluding tert-OH is 1. The molecule has 1 aromatic heterocycles. The molecule has 1 heterocycles. The van der Waals surface area contributed by atoms with Crippen molar-refractivity contribution in [3.05, 3.63) is 66.0 Å². The summed E-state index contributed by atoms with van der Waals surface area (Å²) in [5.41, 5.74) is 4.25. The Morgan fingerprint density at radius 1 is 1.20 bits per heavy atom. The molecule has 3 rings (SSSR count). The third kappa shape index (κ3) is 4.36. The van der Waals surface area contributed by atoms with Gasteiger partial charge in [-0.25, -0.2) is 9.78 Å². The first-order valence-electron chi connectivity index (χ1n) is 8.28. The minimum Gasteiger partial charge on any atom is -0.394 e. The molecule has 3 aromatic rings. The number of benzene rings is 2. The normalized spacial score (nSPS) is 12.1. The fourth-order valence-electron chi connectivity index (χ4n) is 2.67. The van der Waals surface area contributed by atoms with E-state index >= 15 is 0 Å². The second-order valence-electron chi connectivity index (χ2n) is 6.09. The first-order valence-corrected chi connectivity index (χ1v) is 8.28. The molecular weight excluding hydrogens is 316 g/mol. The van der Waals surface area contributed by atoms with Crippen molar-refractivity contribution in [3.8, 4) is 0 Å². The van der Waals surface area contributed by atoms with E-state index in [0.29, 0.717) is 6.54 Å². The predicted octanol–water partition coefficient (Wildman–Crippen LogP) is 2.26. The number of imidazole rings is 1. The Kier molecular flexibility index (Phi) is 5.30. The van der Waals surface area contributed by atoms with E-state index in [1.807, 2.05) is 36.7 Å². The molecule has 0 saturated carbocycles. The summed E-state index contributed by atoms with van der Waals surface area (Å²) >= 11 is 0. The van der Waals surface area contributed by atoms with Crippen LogP contribution < -0.4 is 10.6 Å². The predicted molar refractivity (Wildman–Crippen MR) is 97.2 cm³/mol. The smallest absolute Gasteiger partial charge is 0.315 e. The van der Waals surface area contributed by atoms with Crippen LogP contribution in [0.4, 0.5) is 4.79 Å². The molecule has 0 spiro atoms. The van der Waals surface area contributed by atoms with Crippen molar-refractivity contribution >= 4 is 17.1 Å². The summed E-state index contributed by atoms with van der Waals surface area (Å²) in [6, 6.07) is 15.6. The Labute approximate surface area is 146 Å². The average Bonchev–Trinajstić information content (AvgIpc) is 3.03. The molecule has 6 heteroatoms. The van der Waals surface area contributed by atoms with Gasteiger partial charge >= 0.3 is 6.03 Å². The fraction of sp³-hybridized carbons (Fsp3) is 0.263. The molecule has 3 N–H and O–H groups in total. The molecule has 0 saturated heterocycles. The van der Waals surface area contributed by atoms with Gasteiger partial charge in [0.15, 0.2) is 0 Å². The topological polar surface area (TPSA) is 79.2 Å². The summed E-state index contributed by atoms with van der Waals surface area (Å²) < 4.78 is 2.11. The summed E-state index contributed by atoms with van der Waals surface area (Å²) in [4.78, 5) is 16.1. The van der Waals surface area contributed by atoms with E-state index in [-0.39, 0.29) is 18.7 Å². The van der Waals surface area contributed by atoms with Gasteiger partial charge in [-0.2, -0.15) is 0 Å². The van der Waals surface area contributed by atoms with Crippen LogP contribution in [0, 0.1) is 0 Å². The van der Waals surface area contributed by atoms with Crippen LogP contribution in [-0.2, 0) is 13.1 Å². The maximum atomic E-state index is 11.7. The van der Waals surface area contributed by atoms with Crippen LogP contribution in [-0.4, -0.2) is 33.3 Å². The number of hydrogen-bond donors (Lipinski definition) is 3. The standard InChI is InChI=1S/C19H22N4O2/c1-14(12-24)22-19(25)20-10-15-5-4-6-16(9-15)11-23-13-21-17-7-2-3-8-18(17)23/h2-9,13-14,24H,10-12H2,1H3,(H2,20,22,25). The Morgan fingerprint density at radius 2 is 2.00 bits per heavy atom. The van der Waals surface area contributed by atoms with E-state index in [1.54, 1.807) is 6.92 Å². The van der Waals surface area contributed by atoms with Crippen LogP contribution in [0.5, 0.6) is 0 Å². The quantitative estimate of drug-likeness (QED) is 0.645. The number of carbonyl (C=O) groups is 1. The van der Waals surface area contributed by atoms with E-state index in [4.69, 9.17) is 5.11 Å². The average molecular weight is 338 g/mol. The lowest BCUT2D eigenvalue weighted by molar-refractivity contribution is 0.220. The lowest BCUT2D eigenvalue weighted by atomic mass is 10.1. The van der Waals surface area contributed by atoms with E-state index in [9.17, 15) is 4.79 Å². The van der Waals surface area contributed by atoms with Gasteiger partial charge in [0.05, 0.1) is 30.0 Å². The molecule has 0 bridgehead atoms. The van der Waals surface area contributed by atoms with Crippen molar-refractivity contribution in [1.29, 1.82) is 0 Å². The molecule has 0 aliphatic carbocycles. The van der Waals surface area contributed by atoms with Gasteiger partial charge in [-0.3, -0.25) is 0 Å². The van der Waals surface area contributed by atoms with Gasteiger partial charge in [0.1, 0.15) is 0 Å². The van der Waals surface area contributed by atoms with Crippen molar-refractivity contribution in [2.24, 2.45) is 0 Å². The number of carbonyl (C=O) groups excluding carboxylic acids is 1. The van der Waals surface area contributed by atoms with Gasteiger partial charge in [0.2, 0.25) is 0 Å². The lowest BCUT2D eigenvalue weighted by Gasteiger charge is -2.12. The second kappa shape index (κ2) is 7.81. The van der Waals surface area contributed by atoms with E-state index in [1.165, 1.54) is 0 Å². The highest BCUT2D eigenvalue weighted by Crippen LogP contribution is 2.14. The van der Waals surface area contributed by atoms with Crippen molar-refractivity contribution in [1.82, 2.24) is 20.2 Å². The molecule has 0 radical (unpaired) electrons. The zero-order valence-corrected chi connectivity index (χ0v) is 14.1. The number of aliphatic hydroxyl groups is 1. The Balaban J connectivity index is 1.64. The number of nitrogens with one attached hydrogen (secondary N) is 2. The monoisotopic (exact) mass is 338 g/mol. The molecule has 0 aliphatic rings. The third-order valence-corrected chi connectivity index (χ3v) is 3.98. The summed E-state index contributed by atoms with van der Waals surface area (Å²) in [6.45, 7) is 2.82. The van der Waals surface area contributed by atoms with Gasteiger partial charge in [-0.1, -0.05) is 36.4 Å². The summed E-state index contributed by atoms with van der Waals surface area (Å²) in [6.07, 6.45) is 1.85. The van der Waals surface area contributed by atoms with Gasteiger partial charge in [-0.15, -0.1) is 0 Å². The van der Waals surface area contributed by atoms with Gasteiger partial charge < -0.3 is 20.3 Å². The Morgan fingerprint density at radius 3 is 2.84 bits per heavy atom. The van der Waals surface area contributed by atoms with E-state index < -0.39 is 0 Å². The van der Waals surface area contributed by atoms with Gasteiger partial charge in [0, 0.05) is 13.1 Å². The first-order chi connectivity index (χ1) is 12.2. The van der Waals surface area contributed by atoms with E-state index in [2.05, 4.69) is 38.4 Å². The summed E-state index contributed by atoms with van der Waals surface area (Å²) in [5.74, 6) is 0. The SMILES string of the molecule is CC(CO)NC(=O)NCc1cccc(Cn2cnc3ccccc32)c1. The number of nitrogens with zero attached hydrogens (tertiary/aromatic N) is 2. The van der Waals surface area contributed by atoms with E-state index in [0.717, 1.165) is 28.7 Å². The van der Waals surface area contributed by atoms with Crippen LogP contribution in [0.2, 0.25) is 0 Å². The van der Waals surface area contributed by atoms with Gasteiger partial charge in [0.25, 0.3) is 0 Å². The van der Waals surface area contributed by atoms with Crippen LogP contribution in [0.25, 0.3) is 11.0 Å². The zero-order valence-electron chi connectivity index (χ0n) is 14.1. The highest BCUT2D eigenvalue weighted by Gasteiger charge is 2.06. The fourth-order valence-corrected chi connectivity index (χ4v) is 2.67. The second-order valence-corrected chi connectivity index (χ2v) is 6.09. The number of rotatable bonds is 6. The third-order valence-electron chi connectivity index (χ3n) is 3.98. The first kappa shape index (κ1) is 17.0. The molecule has 25 heavy (non-hydrogen) atoms. The molecule has 1 unspecified atom stereocenters. The molecule has 1 atom stereocenters. The number of amides is 2. The zero-order chi connectivity index (χ0) is 17.6. The molecule has 2 amide bonds. The number of hydrogen-bond acceptors (Lipinski definition) is 3. The number of fused-ring (bicyclic) bond motifs is 1. The maximum Gasteiger partial charge on any atom is 0.315 e. The molecule has 6 nitrogen and oxygen atoms in total. The van der Waals surface area contributed by atoms with Crippen molar-refractivity contribution in [2.75, 3.05) is 6.61 Å². The molecule has 0 aliphatic heterocycles. The number of aromatic nitrogens is 2. The van der Waals surface area contributed by atoms with Crippen LogP contribution in [0.15, 0.2) is 54.9 Å². The lowest BCUT2D eigenvalue weighted by Crippen LogP contribution is -2.41. The van der Waals surface area contributed by atoms with Crippen LogP contribution in [0.3, 0.4) is 0 Å². The Hall–Kier alpha value is -2.86. The number of para-hydroxylation sites is 2. The highest BCUT2D eigenvalue weighted by atomic mass is 16.3. The molecule has 2 aromatic carbocycles. The minimum atomic E-state index is -0.285. The van der Waals surface area contributed by atoms with Crippen molar-refractivity contribution in [2.45, 2.75) is 26.1 Å². The summed E-state index contributed by atoms with van der Waals surface area (Å²) in [7, 11) is 0.